The minimum absolute atomic E-state index is 0.113. The molecule has 2 atom stereocenters. The van der Waals surface area contributed by atoms with E-state index in [0.29, 0.717) is 29.3 Å². The molecule has 1 aliphatic heterocycles. The van der Waals surface area contributed by atoms with Gasteiger partial charge in [-0.1, -0.05) is 42.5 Å². The Morgan fingerprint density at radius 2 is 1.56 bits per heavy atom. The number of fused-ring (bicyclic) bond motifs is 1. The third kappa shape index (κ3) is 6.36. The molecule has 0 unspecified atom stereocenters. The fraction of sp³-hybridized carbons (Fsp3) is 0.278. The molecule has 0 saturated heterocycles. The molecular formula is C36H39N3O4. The van der Waals surface area contributed by atoms with Crippen LogP contribution < -0.4 is 24.6 Å². The second kappa shape index (κ2) is 13.5. The first-order chi connectivity index (χ1) is 20.9. The van der Waals surface area contributed by atoms with E-state index in [0.717, 1.165) is 30.6 Å². The largest absolute Gasteiger partial charge is 0.497 e. The lowest BCUT2D eigenvalue weighted by Crippen LogP contribution is -2.48. The Kier molecular flexibility index (Phi) is 9.30. The summed E-state index contributed by atoms with van der Waals surface area (Å²) < 4.78 is 10.8. The Bertz CT molecular complexity index is 1550. The van der Waals surface area contributed by atoms with Gasteiger partial charge in [-0.2, -0.15) is 0 Å². The van der Waals surface area contributed by atoms with Gasteiger partial charge in [-0.3, -0.25) is 14.5 Å². The fourth-order valence-electron chi connectivity index (χ4n) is 5.87. The van der Waals surface area contributed by atoms with Crippen LogP contribution in [0.4, 0.5) is 11.4 Å². The van der Waals surface area contributed by atoms with Gasteiger partial charge in [-0.15, -0.1) is 0 Å². The van der Waals surface area contributed by atoms with Crippen molar-refractivity contribution in [2.24, 2.45) is 0 Å². The third-order valence-electron chi connectivity index (χ3n) is 8.08. The first-order valence-corrected chi connectivity index (χ1v) is 14.7. The highest BCUT2D eigenvalue weighted by Crippen LogP contribution is 2.45. The molecule has 4 aromatic rings. The maximum absolute atomic E-state index is 14.2. The molecule has 0 saturated carbocycles. The molecule has 0 fully saturated rings. The number of aryl methyl sites for hydroxylation is 1. The molecule has 43 heavy (non-hydrogen) atoms. The lowest BCUT2D eigenvalue weighted by Gasteiger charge is -2.42. The molecule has 0 spiro atoms. The van der Waals surface area contributed by atoms with Crippen molar-refractivity contribution in [1.82, 2.24) is 5.32 Å². The molecule has 1 N–H and O–H groups in total. The molecule has 1 heterocycles. The van der Waals surface area contributed by atoms with Crippen LogP contribution in [0.3, 0.4) is 0 Å². The highest BCUT2D eigenvalue weighted by Gasteiger charge is 2.44. The van der Waals surface area contributed by atoms with Crippen molar-refractivity contribution in [1.29, 1.82) is 0 Å². The SMILES string of the molecule is CCN(CCCNC(=O)[C@H]1c2ccccc2C(=O)N(c2ccc(OC)cc2)[C@H]1c1ccc(OC)cc1)c1cccc(C)c1. The minimum Gasteiger partial charge on any atom is -0.497 e. The van der Waals surface area contributed by atoms with Gasteiger partial charge in [0.2, 0.25) is 5.91 Å². The average molecular weight is 578 g/mol. The standard InChI is InChI=1S/C36H39N3O4/c1-5-38(28-11-8-10-25(2)24-28)23-9-22-37-35(40)33-31-12-6-7-13-32(31)36(41)39(27-16-20-30(43-4)21-17-27)34(33)26-14-18-29(42-3)19-15-26/h6-8,10-21,24,33-34H,5,9,22-23H2,1-4H3,(H,37,40)/t33-,34-/m0/s1. The van der Waals surface area contributed by atoms with E-state index in [4.69, 9.17) is 9.47 Å². The van der Waals surface area contributed by atoms with Gasteiger partial charge in [0.15, 0.2) is 0 Å². The number of carbonyl (C=O) groups is 2. The number of amides is 2. The predicted molar refractivity (Wildman–Crippen MR) is 171 cm³/mol. The molecule has 7 heteroatoms. The Hall–Kier alpha value is -4.78. The number of ether oxygens (including phenoxy) is 2. The highest BCUT2D eigenvalue weighted by molar-refractivity contribution is 6.11. The minimum atomic E-state index is -0.622. The number of nitrogens with one attached hydrogen (secondary N) is 1. The molecular weight excluding hydrogens is 538 g/mol. The van der Waals surface area contributed by atoms with Gasteiger partial charge in [0.1, 0.15) is 11.5 Å². The molecule has 4 aromatic carbocycles. The summed E-state index contributed by atoms with van der Waals surface area (Å²) in [5, 5.41) is 3.21. The summed E-state index contributed by atoms with van der Waals surface area (Å²) in [6.45, 7) is 6.46. The Morgan fingerprint density at radius 1 is 0.884 bits per heavy atom. The van der Waals surface area contributed by atoms with Gasteiger partial charge in [0, 0.05) is 36.6 Å². The number of hydrogen-bond donors (Lipinski definition) is 1. The highest BCUT2D eigenvalue weighted by atomic mass is 16.5. The molecule has 2 amide bonds. The summed E-state index contributed by atoms with van der Waals surface area (Å²) in [6, 6.07) is 30.3. The third-order valence-corrected chi connectivity index (χ3v) is 8.08. The van der Waals surface area contributed by atoms with Crippen LogP contribution in [-0.2, 0) is 4.79 Å². The lowest BCUT2D eigenvalue weighted by atomic mass is 9.78. The first-order valence-electron chi connectivity index (χ1n) is 14.7. The lowest BCUT2D eigenvalue weighted by molar-refractivity contribution is -0.123. The summed E-state index contributed by atoms with van der Waals surface area (Å²) >= 11 is 0. The predicted octanol–water partition coefficient (Wildman–Crippen LogP) is 6.53. The van der Waals surface area contributed by atoms with Gasteiger partial charge in [0.05, 0.1) is 26.2 Å². The number of rotatable bonds is 11. The van der Waals surface area contributed by atoms with Crippen molar-refractivity contribution >= 4 is 23.2 Å². The van der Waals surface area contributed by atoms with E-state index in [-0.39, 0.29) is 11.8 Å². The molecule has 0 aromatic heterocycles. The van der Waals surface area contributed by atoms with Crippen molar-refractivity contribution in [2.45, 2.75) is 32.2 Å². The van der Waals surface area contributed by atoms with Crippen LogP contribution in [0, 0.1) is 6.92 Å². The number of anilines is 2. The van der Waals surface area contributed by atoms with Crippen LogP contribution >= 0.6 is 0 Å². The fourth-order valence-corrected chi connectivity index (χ4v) is 5.87. The van der Waals surface area contributed by atoms with Gasteiger partial charge >= 0.3 is 0 Å². The molecule has 222 valence electrons. The summed E-state index contributed by atoms with van der Waals surface area (Å²) in [7, 11) is 3.23. The zero-order chi connectivity index (χ0) is 30.3. The Balaban J connectivity index is 1.46. The van der Waals surface area contributed by atoms with E-state index in [1.165, 1.54) is 11.3 Å². The van der Waals surface area contributed by atoms with Gasteiger partial charge in [0.25, 0.3) is 5.91 Å². The van der Waals surface area contributed by atoms with E-state index in [9.17, 15) is 9.59 Å². The van der Waals surface area contributed by atoms with Crippen molar-refractivity contribution < 1.29 is 19.1 Å². The number of hydrogen-bond acceptors (Lipinski definition) is 5. The topological polar surface area (TPSA) is 71.1 Å². The Labute approximate surface area is 254 Å². The van der Waals surface area contributed by atoms with Gasteiger partial charge in [-0.05, 0) is 91.6 Å². The van der Waals surface area contributed by atoms with Crippen molar-refractivity contribution in [3.05, 3.63) is 119 Å². The molecule has 0 aliphatic carbocycles. The first kappa shape index (κ1) is 29.7. The summed E-state index contributed by atoms with van der Waals surface area (Å²) in [6.07, 6.45) is 0.788. The van der Waals surface area contributed by atoms with Crippen molar-refractivity contribution in [2.75, 3.05) is 43.7 Å². The molecule has 5 rings (SSSR count). The summed E-state index contributed by atoms with van der Waals surface area (Å²) in [5.41, 5.74) is 5.20. The van der Waals surface area contributed by atoms with E-state index in [1.54, 1.807) is 25.2 Å². The van der Waals surface area contributed by atoms with Crippen molar-refractivity contribution in [3.8, 4) is 11.5 Å². The van der Waals surface area contributed by atoms with Crippen LogP contribution in [0.1, 0.15) is 52.4 Å². The van der Waals surface area contributed by atoms with Crippen LogP contribution in [-0.4, -0.2) is 45.7 Å². The maximum atomic E-state index is 14.2. The van der Waals surface area contributed by atoms with Crippen molar-refractivity contribution in [3.63, 3.8) is 0 Å². The number of nitrogens with zero attached hydrogens (tertiary/aromatic N) is 2. The van der Waals surface area contributed by atoms with E-state index < -0.39 is 12.0 Å². The second-order valence-corrected chi connectivity index (χ2v) is 10.7. The zero-order valence-corrected chi connectivity index (χ0v) is 25.2. The van der Waals surface area contributed by atoms with Crippen LogP contribution in [0.2, 0.25) is 0 Å². The number of methoxy groups -OCH3 is 2. The quantitative estimate of drug-likeness (QED) is 0.205. The second-order valence-electron chi connectivity index (χ2n) is 10.7. The van der Waals surface area contributed by atoms with E-state index in [2.05, 4.69) is 48.3 Å². The normalized spacial score (nSPS) is 15.9. The van der Waals surface area contributed by atoms with E-state index >= 15 is 0 Å². The average Bonchev–Trinajstić information content (AvgIpc) is 3.04. The van der Waals surface area contributed by atoms with Crippen LogP contribution in [0.15, 0.2) is 97.1 Å². The van der Waals surface area contributed by atoms with Crippen LogP contribution in [0.5, 0.6) is 11.5 Å². The molecule has 0 bridgehead atoms. The van der Waals surface area contributed by atoms with E-state index in [1.807, 2.05) is 66.7 Å². The molecule has 0 radical (unpaired) electrons. The number of carbonyl (C=O) groups excluding carboxylic acids is 2. The zero-order valence-electron chi connectivity index (χ0n) is 25.2. The molecule has 7 nitrogen and oxygen atoms in total. The monoisotopic (exact) mass is 577 g/mol. The number of benzene rings is 4. The summed E-state index contributed by atoms with van der Waals surface area (Å²) in [5.74, 6) is 0.511. The van der Waals surface area contributed by atoms with Crippen LogP contribution in [0.25, 0.3) is 0 Å². The van der Waals surface area contributed by atoms with Gasteiger partial charge in [-0.25, -0.2) is 0 Å². The molecule has 1 aliphatic rings. The van der Waals surface area contributed by atoms with Gasteiger partial charge < -0.3 is 19.7 Å². The summed E-state index contributed by atoms with van der Waals surface area (Å²) in [4.78, 5) is 32.3. The maximum Gasteiger partial charge on any atom is 0.259 e. The smallest absolute Gasteiger partial charge is 0.259 e. The Morgan fingerprint density at radius 3 is 2.21 bits per heavy atom.